The number of aliphatic hydroxyl groups is 1. The van der Waals surface area contributed by atoms with Gasteiger partial charge in [0.05, 0.1) is 10.7 Å². The lowest BCUT2D eigenvalue weighted by Crippen LogP contribution is -2.44. The standard InChI is InChI=1S/C17H21ClN2O2/c1-13(21)17(22-14-7-3-2-4-8-14)20-12-11-19-16-10-6-5-9-15(16)18/h2-10,13,17,19-21H,11-12H2,1H3. The highest BCUT2D eigenvalue weighted by Gasteiger charge is 2.15. The van der Waals surface area contributed by atoms with E-state index in [1.165, 1.54) is 0 Å². The Balaban J connectivity index is 1.79. The van der Waals surface area contributed by atoms with Crippen LogP contribution in [0.5, 0.6) is 5.75 Å². The largest absolute Gasteiger partial charge is 0.473 e. The zero-order valence-electron chi connectivity index (χ0n) is 12.5. The molecule has 2 aromatic carbocycles. The number of halogens is 1. The summed E-state index contributed by atoms with van der Waals surface area (Å²) in [5.41, 5.74) is 0.892. The van der Waals surface area contributed by atoms with Gasteiger partial charge in [-0.1, -0.05) is 41.9 Å². The third-order valence-corrected chi connectivity index (χ3v) is 3.43. The van der Waals surface area contributed by atoms with E-state index in [-0.39, 0.29) is 0 Å². The fraction of sp³-hybridized carbons (Fsp3) is 0.294. The van der Waals surface area contributed by atoms with Gasteiger partial charge in [-0.25, -0.2) is 0 Å². The van der Waals surface area contributed by atoms with E-state index in [0.717, 1.165) is 11.4 Å². The number of para-hydroxylation sites is 2. The van der Waals surface area contributed by atoms with Gasteiger partial charge in [0.25, 0.3) is 0 Å². The Labute approximate surface area is 136 Å². The van der Waals surface area contributed by atoms with Crippen molar-refractivity contribution >= 4 is 17.3 Å². The maximum atomic E-state index is 9.80. The fourth-order valence-electron chi connectivity index (χ4n) is 1.97. The van der Waals surface area contributed by atoms with Crippen molar-refractivity contribution in [3.63, 3.8) is 0 Å². The van der Waals surface area contributed by atoms with Crippen LogP contribution in [0.2, 0.25) is 5.02 Å². The molecule has 118 valence electrons. The SMILES string of the molecule is CC(O)C(NCCNc1ccccc1Cl)Oc1ccccc1. The summed E-state index contributed by atoms with van der Waals surface area (Å²) in [6.07, 6.45) is -1.09. The van der Waals surface area contributed by atoms with Crippen LogP contribution >= 0.6 is 11.6 Å². The van der Waals surface area contributed by atoms with E-state index in [0.29, 0.717) is 18.1 Å². The van der Waals surface area contributed by atoms with Gasteiger partial charge in [0.15, 0.2) is 6.23 Å². The molecule has 2 atom stereocenters. The number of anilines is 1. The highest BCUT2D eigenvalue weighted by atomic mass is 35.5. The molecule has 0 aliphatic rings. The maximum Gasteiger partial charge on any atom is 0.176 e. The van der Waals surface area contributed by atoms with Crippen LogP contribution in [0.4, 0.5) is 5.69 Å². The Bertz CT molecular complexity index is 564. The molecular formula is C17H21ClN2O2. The van der Waals surface area contributed by atoms with E-state index in [2.05, 4.69) is 10.6 Å². The van der Waals surface area contributed by atoms with Crippen molar-refractivity contribution in [2.75, 3.05) is 18.4 Å². The first-order chi connectivity index (χ1) is 10.7. The Hall–Kier alpha value is -1.75. The molecule has 0 saturated carbocycles. The first-order valence-electron chi connectivity index (χ1n) is 7.28. The predicted molar refractivity (Wildman–Crippen MR) is 90.5 cm³/mol. The quantitative estimate of drug-likeness (QED) is 0.517. The Kier molecular flexibility index (Phi) is 6.52. The lowest BCUT2D eigenvalue weighted by Gasteiger charge is -2.23. The number of benzene rings is 2. The van der Waals surface area contributed by atoms with Gasteiger partial charge in [0, 0.05) is 13.1 Å². The molecule has 22 heavy (non-hydrogen) atoms. The van der Waals surface area contributed by atoms with Gasteiger partial charge in [-0.3, -0.25) is 5.32 Å². The van der Waals surface area contributed by atoms with Gasteiger partial charge < -0.3 is 15.2 Å². The molecule has 0 heterocycles. The van der Waals surface area contributed by atoms with E-state index in [9.17, 15) is 5.11 Å². The van der Waals surface area contributed by atoms with Crippen LogP contribution in [0.1, 0.15) is 6.92 Å². The normalized spacial score (nSPS) is 13.4. The lowest BCUT2D eigenvalue weighted by atomic mass is 10.3. The molecule has 0 saturated heterocycles. The first kappa shape index (κ1) is 16.6. The molecule has 2 unspecified atom stereocenters. The number of aliphatic hydroxyl groups excluding tert-OH is 1. The third-order valence-electron chi connectivity index (χ3n) is 3.10. The van der Waals surface area contributed by atoms with Crippen molar-refractivity contribution in [1.82, 2.24) is 5.32 Å². The smallest absolute Gasteiger partial charge is 0.176 e. The first-order valence-corrected chi connectivity index (χ1v) is 7.66. The minimum atomic E-state index is -0.625. The number of hydrogen-bond donors (Lipinski definition) is 3. The van der Waals surface area contributed by atoms with Gasteiger partial charge in [-0.15, -0.1) is 0 Å². The van der Waals surface area contributed by atoms with Crippen molar-refractivity contribution in [2.24, 2.45) is 0 Å². The summed E-state index contributed by atoms with van der Waals surface area (Å²) >= 11 is 6.08. The predicted octanol–water partition coefficient (Wildman–Crippen LogP) is 3.13. The second-order valence-electron chi connectivity index (χ2n) is 4.95. The van der Waals surface area contributed by atoms with Gasteiger partial charge >= 0.3 is 0 Å². The lowest BCUT2D eigenvalue weighted by molar-refractivity contribution is 0.0279. The molecule has 3 N–H and O–H groups in total. The minimum absolute atomic E-state index is 0.463. The highest BCUT2D eigenvalue weighted by molar-refractivity contribution is 6.33. The average Bonchev–Trinajstić information content (AvgIpc) is 2.52. The summed E-state index contributed by atoms with van der Waals surface area (Å²) < 4.78 is 5.74. The van der Waals surface area contributed by atoms with Crippen LogP contribution in [0.3, 0.4) is 0 Å². The topological polar surface area (TPSA) is 53.5 Å². The summed E-state index contributed by atoms with van der Waals surface area (Å²) in [6.45, 7) is 3.00. The molecule has 0 spiro atoms. The van der Waals surface area contributed by atoms with Gasteiger partial charge in [0.2, 0.25) is 0 Å². The Morgan fingerprint density at radius 3 is 2.41 bits per heavy atom. The van der Waals surface area contributed by atoms with E-state index in [1.807, 2.05) is 54.6 Å². The minimum Gasteiger partial charge on any atom is -0.473 e. The molecule has 0 radical (unpaired) electrons. The van der Waals surface area contributed by atoms with E-state index >= 15 is 0 Å². The molecule has 2 aromatic rings. The van der Waals surface area contributed by atoms with E-state index in [4.69, 9.17) is 16.3 Å². The monoisotopic (exact) mass is 320 g/mol. The van der Waals surface area contributed by atoms with Crippen LogP contribution in [0.25, 0.3) is 0 Å². The average molecular weight is 321 g/mol. The van der Waals surface area contributed by atoms with Crippen LogP contribution in [0, 0.1) is 0 Å². The Morgan fingerprint density at radius 1 is 1.05 bits per heavy atom. The second kappa shape index (κ2) is 8.63. The second-order valence-corrected chi connectivity index (χ2v) is 5.36. The third kappa shape index (κ3) is 5.22. The molecule has 0 aliphatic heterocycles. The summed E-state index contributed by atoms with van der Waals surface area (Å²) in [4.78, 5) is 0. The molecule has 5 heteroatoms. The highest BCUT2D eigenvalue weighted by Crippen LogP contribution is 2.19. The van der Waals surface area contributed by atoms with Gasteiger partial charge in [-0.05, 0) is 31.2 Å². The molecular weight excluding hydrogens is 300 g/mol. The van der Waals surface area contributed by atoms with Crippen molar-refractivity contribution < 1.29 is 9.84 Å². The number of nitrogens with one attached hydrogen (secondary N) is 2. The van der Waals surface area contributed by atoms with Crippen LogP contribution in [-0.2, 0) is 0 Å². The van der Waals surface area contributed by atoms with Crippen molar-refractivity contribution in [1.29, 1.82) is 0 Å². The molecule has 0 aromatic heterocycles. The zero-order chi connectivity index (χ0) is 15.8. The Morgan fingerprint density at radius 2 is 1.73 bits per heavy atom. The van der Waals surface area contributed by atoms with Crippen molar-refractivity contribution in [2.45, 2.75) is 19.3 Å². The summed E-state index contributed by atoms with van der Waals surface area (Å²) in [7, 11) is 0. The summed E-state index contributed by atoms with van der Waals surface area (Å²) in [5, 5.41) is 16.9. The summed E-state index contributed by atoms with van der Waals surface area (Å²) in [5.74, 6) is 0.722. The van der Waals surface area contributed by atoms with Gasteiger partial charge in [0.1, 0.15) is 11.9 Å². The fourth-order valence-corrected chi connectivity index (χ4v) is 2.18. The molecule has 0 aliphatic carbocycles. The maximum absolute atomic E-state index is 9.80. The van der Waals surface area contributed by atoms with Crippen LogP contribution in [-0.4, -0.2) is 30.5 Å². The van der Waals surface area contributed by atoms with Crippen LogP contribution < -0.4 is 15.4 Å². The summed E-state index contributed by atoms with van der Waals surface area (Å²) in [6, 6.07) is 17.0. The van der Waals surface area contributed by atoms with E-state index in [1.54, 1.807) is 6.92 Å². The molecule has 4 nitrogen and oxygen atoms in total. The van der Waals surface area contributed by atoms with Crippen LogP contribution in [0.15, 0.2) is 54.6 Å². The molecule has 0 bridgehead atoms. The molecule has 2 rings (SSSR count). The molecule has 0 amide bonds. The van der Waals surface area contributed by atoms with Crippen molar-refractivity contribution in [3.8, 4) is 5.75 Å². The zero-order valence-corrected chi connectivity index (χ0v) is 13.3. The van der Waals surface area contributed by atoms with Gasteiger partial charge in [-0.2, -0.15) is 0 Å². The number of rotatable bonds is 8. The molecule has 0 fully saturated rings. The van der Waals surface area contributed by atoms with Crippen molar-refractivity contribution in [3.05, 3.63) is 59.6 Å². The number of ether oxygens (including phenoxy) is 1. The number of hydrogen-bond acceptors (Lipinski definition) is 4. The van der Waals surface area contributed by atoms with E-state index < -0.39 is 12.3 Å².